The quantitative estimate of drug-likeness (QED) is 0.299. The first-order valence-electron chi connectivity index (χ1n) is 12.7. The van der Waals surface area contributed by atoms with Crippen LogP contribution in [0.2, 0.25) is 5.02 Å². The highest BCUT2D eigenvalue weighted by molar-refractivity contribution is 6.30. The normalized spacial score (nSPS) is 27.1. The van der Waals surface area contributed by atoms with Gasteiger partial charge >= 0.3 is 0 Å². The number of nitrogens with zero attached hydrogens (tertiary/aromatic N) is 1. The zero-order valence-corrected chi connectivity index (χ0v) is 20.7. The van der Waals surface area contributed by atoms with Crippen molar-refractivity contribution in [2.24, 2.45) is 23.2 Å². The SMILES string of the molecule is O=C(NC(CC12CC3CC(CC(C3)C1)C2)Nc1c(Nc2cccnc2)c(=O)c1=O)c1ccc(Cl)cc1. The molecule has 4 saturated carbocycles. The second-order valence-corrected chi connectivity index (χ2v) is 11.5. The lowest BCUT2D eigenvalue weighted by atomic mass is 9.48. The van der Waals surface area contributed by atoms with Gasteiger partial charge in [-0.1, -0.05) is 11.6 Å². The van der Waals surface area contributed by atoms with Crippen molar-refractivity contribution >= 4 is 34.6 Å². The van der Waals surface area contributed by atoms with Gasteiger partial charge in [0, 0.05) is 16.8 Å². The fraction of sp³-hybridized carbons (Fsp3) is 0.429. The third kappa shape index (κ3) is 4.41. The lowest BCUT2D eigenvalue weighted by Gasteiger charge is -2.57. The molecule has 0 aliphatic heterocycles. The van der Waals surface area contributed by atoms with Crippen LogP contribution in [0.25, 0.3) is 0 Å². The van der Waals surface area contributed by atoms with Crippen molar-refractivity contribution in [3.05, 3.63) is 79.8 Å². The van der Waals surface area contributed by atoms with Gasteiger partial charge in [0.15, 0.2) is 0 Å². The molecule has 2 aromatic carbocycles. The van der Waals surface area contributed by atoms with E-state index in [0.29, 0.717) is 16.3 Å². The molecule has 186 valence electrons. The molecule has 1 unspecified atom stereocenters. The Kier molecular flexibility index (Phi) is 5.83. The van der Waals surface area contributed by atoms with Crippen LogP contribution in [0.5, 0.6) is 0 Å². The fourth-order valence-electron chi connectivity index (χ4n) is 7.36. The number of carbonyl (C=O) groups excluding carboxylic acids is 1. The molecular formula is C28H29ClN4O3. The van der Waals surface area contributed by atoms with Gasteiger partial charge in [0.1, 0.15) is 11.4 Å². The van der Waals surface area contributed by atoms with Crippen molar-refractivity contribution in [2.75, 3.05) is 10.6 Å². The Balaban J connectivity index is 1.27. The minimum Gasteiger partial charge on any atom is -0.360 e. The zero-order valence-electron chi connectivity index (χ0n) is 19.9. The van der Waals surface area contributed by atoms with Crippen molar-refractivity contribution in [2.45, 2.75) is 51.1 Å². The monoisotopic (exact) mass is 504 g/mol. The number of hydrogen-bond acceptors (Lipinski definition) is 6. The van der Waals surface area contributed by atoms with E-state index in [1.807, 2.05) is 0 Å². The van der Waals surface area contributed by atoms with E-state index >= 15 is 0 Å². The summed E-state index contributed by atoms with van der Waals surface area (Å²) in [5.41, 5.74) is 0.551. The Bertz CT molecular complexity index is 1310. The second-order valence-electron chi connectivity index (χ2n) is 11.1. The third-order valence-corrected chi connectivity index (χ3v) is 8.63. The number of pyridine rings is 1. The Hall–Kier alpha value is -3.19. The van der Waals surface area contributed by atoms with Gasteiger partial charge in [0.25, 0.3) is 16.8 Å². The fourth-order valence-corrected chi connectivity index (χ4v) is 7.48. The van der Waals surface area contributed by atoms with Gasteiger partial charge in [-0.05, 0) is 105 Å². The van der Waals surface area contributed by atoms with E-state index in [0.717, 1.165) is 24.2 Å². The van der Waals surface area contributed by atoms with Gasteiger partial charge in [0.2, 0.25) is 0 Å². The number of amides is 1. The van der Waals surface area contributed by atoms with Crippen molar-refractivity contribution in [3.63, 3.8) is 0 Å². The Morgan fingerprint density at radius 2 is 1.61 bits per heavy atom. The Morgan fingerprint density at radius 1 is 0.972 bits per heavy atom. The van der Waals surface area contributed by atoms with Crippen LogP contribution in [0.4, 0.5) is 17.1 Å². The van der Waals surface area contributed by atoms with Crippen LogP contribution < -0.4 is 26.8 Å². The lowest BCUT2D eigenvalue weighted by Crippen LogP contribution is -2.52. The first-order valence-corrected chi connectivity index (χ1v) is 13.1. The van der Waals surface area contributed by atoms with Gasteiger partial charge in [-0.25, -0.2) is 0 Å². The smallest absolute Gasteiger partial charge is 0.253 e. The highest BCUT2D eigenvalue weighted by atomic mass is 35.5. The van der Waals surface area contributed by atoms with Crippen molar-refractivity contribution in [1.82, 2.24) is 10.3 Å². The Morgan fingerprint density at radius 3 is 2.22 bits per heavy atom. The van der Waals surface area contributed by atoms with Gasteiger partial charge in [-0.2, -0.15) is 0 Å². The summed E-state index contributed by atoms with van der Waals surface area (Å²) >= 11 is 6.00. The molecular weight excluding hydrogens is 476 g/mol. The average molecular weight is 505 g/mol. The number of carbonyl (C=O) groups is 1. The standard InChI is InChI=1S/C28H29ClN4O3/c29-20-5-3-19(4-6-20)27(36)33-22(14-28-11-16-8-17(12-28)10-18(9-16)13-28)32-24-23(25(34)26(24)35)31-21-2-1-7-30-15-21/h1-7,15-18,22,31-32H,8-14H2,(H,33,36). The molecule has 36 heavy (non-hydrogen) atoms. The topological polar surface area (TPSA) is 100 Å². The average Bonchev–Trinajstić information content (AvgIpc) is 2.85. The summed E-state index contributed by atoms with van der Waals surface area (Å²) < 4.78 is 0. The molecule has 1 heterocycles. The van der Waals surface area contributed by atoms with E-state index in [4.69, 9.17) is 11.6 Å². The highest BCUT2D eigenvalue weighted by Gasteiger charge is 2.51. The predicted molar refractivity (Wildman–Crippen MR) is 140 cm³/mol. The second kappa shape index (κ2) is 9.04. The molecule has 3 N–H and O–H groups in total. The number of halogens is 1. The molecule has 1 atom stereocenters. The molecule has 3 aromatic rings. The summed E-state index contributed by atoms with van der Waals surface area (Å²) in [4.78, 5) is 42.2. The maximum atomic E-state index is 13.2. The molecule has 0 saturated heterocycles. The van der Waals surface area contributed by atoms with E-state index in [1.165, 1.54) is 38.5 Å². The summed E-state index contributed by atoms with van der Waals surface area (Å²) in [6, 6.07) is 10.3. The predicted octanol–water partition coefficient (Wildman–Crippen LogP) is 4.85. The van der Waals surface area contributed by atoms with Crippen LogP contribution in [0.3, 0.4) is 0 Å². The van der Waals surface area contributed by atoms with E-state index in [9.17, 15) is 14.4 Å². The molecule has 1 aromatic heterocycles. The molecule has 0 radical (unpaired) electrons. The van der Waals surface area contributed by atoms with E-state index in [-0.39, 0.29) is 22.7 Å². The third-order valence-electron chi connectivity index (χ3n) is 8.37. The summed E-state index contributed by atoms with van der Waals surface area (Å²) in [6.07, 6.45) is 10.9. The molecule has 7 nitrogen and oxygen atoms in total. The molecule has 7 rings (SSSR count). The molecule has 0 spiro atoms. The van der Waals surface area contributed by atoms with E-state index in [2.05, 4.69) is 20.9 Å². The van der Waals surface area contributed by atoms with Crippen molar-refractivity contribution in [3.8, 4) is 0 Å². The van der Waals surface area contributed by atoms with Crippen LogP contribution in [0.1, 0.15) is 55.3 Å². The number of aromatic nitrogens is 1. The van der Waals surface area contributed by atoms with Gasteiger partial charge in [0.05, 0.1) is 18.1 Å². The molecule has 8 heteroatoms. The Labute approximate surface area is 214 Å². The largest absolute Gasteiger partial charge is 0.360 e. The lowest BCUT2D eigenvalue weighted by molar-refractivity contribution is -0.0603. The van der Waals surface area contributed by atoms with Crippen LogP contribution in [0.15, 0.2) is 58.4 Å². The zero-order chi connectivity index (χ0) is 24.9. The molecule has 4 aliphatic rings. The summed E-state index contributed by atoms with van der Waals surface area (Å²) in [7, 11) is 0. The van der Waals surface area contributed by atoms with Crippen LogP contribution in [-0.2, 0) is 0 Å². The van der Waals surface area contributed by atoms with E-state index < -0.39 is 17.0 Å². The molecule has 4 fully saturated rings. The van der Waals surface area contributed by atoms with E-state index in [1.54, 1.807) is 48.8 Å². The maximum Gasteiger partial charge on any atom is 0.253 e. The first-order chi connectivity index (χ1) is 17.4. The minimum atomic E-state index is -0.572. The van der Waals surface area contributed by atoms with Crippen LogP contribution in [0, 0.1) is 23.2 Å². The highest BCUT2D eigenvalue weighted by Crippen LogP contribution is 2.61. The number of nitrogens with one attached hydrogen (secondary N) is 3. The summed E-state index contributed by atoms with van der Waals surface area (Å²) in [6.45, 7) is 0. The summed E-state index contributed by atoms with van der Waals surface area (Å²) in [5.74, 6) is 2.04. The number of benzene rings is 1. The van der Waals surface area contributed by atoms with Crippen LogP contribution in [-0.4, -0.2) is 17.1 Å². The number of anilines is 3. The molecule has 1 amide bonds. The molecule has 4 aliphatic carbocycles. The number of hydrogen-bond donors (Lipinski definition) is 3. The first kappa shape index (κ1) is 23.2. The summed E-state index contributed by atoms with van der Waals surface area (Å²) in [5, 5.41) is 9.96. The van der Waals surface area contributed by atoms with Crippen molar-refractivity contribution < 1.29 is 4.79 Å². The maximum absolute atomic E-state index is 13.2. The van der Waals surface area contributed by atoms with Gasteiger partial charge < -0.3 is 16.0 Å². The number of rotatable bonds is 8. The van der Waals surface area contributed by atoms with Crippen LogP contribution >= 0.6 is 11.6 Å². The van der Waals surface area contributed by atoms with Crippen molar-refractivity contribution in [1.29, 1.82) is 0 Å². The van der Waals surface area contributed by atoms with Gasteiger partial charge in [-0.3, -0.25) is 19.4 Å². The minimum absolute atomic E-state index is 0.147. The van der Waals surface area contributed by atoms with Gasteiger partial charge in [-0.15, -0.1) is 0 Å². The molecule has 4 bridgehead atoms.